The van der Waals surface area contributed by atoms with Crippen molar-refractivity contribution in [1.82, 2.24) is 29.6 Å². The van der Waals surface area contributed by atoms with Crippen LogP contribution in [0.5, 0.6) is 0 Å². The molecule has 33 heavy (non-hydrogen) atoms. The number of hydrogen-bond donors (Lipinski definition) is 1. The van der Waals surface area contributed by atoms with Crippen molar-refractivity contribution in [2.45, 2.75) is 32.4 Å². The molecule has 1 amide bonds. The number of carbonyl (C=O) groups excluding carboxylic acids is 1. The summed E-state index contributed by atoms with van der Waals surface area (Å²) in [5, 5.41) is 6.95. The van der Waals surface area contributed by atoms with Gasteiger partial charge in [0.25, 0.3) is 5.91 Å². The first kappa shape index (κ1) is 21.1. The number of benzene rings is 1. The SMILES string of the molecule is CNC(=O)c1ccc2c(nc(-c3ccc(N4CCCC4C)nc3)n2Cc2ccn(C)n2)c1F. The van der Waals surface area contributed by atoms with Gasteiger partial charge in [-0.05, 0) is 50.1 Å². The van der Waals surface area contributed by atoms with Gasteiger partial charge in [0.2, 0.25) is 0 Å². The Morgan fingerprint density at radius 1 is 1.24 bits per heavy atom. The largest absolute Gasteiger partial charge is 0.355 e. The molecule has 0 saturated carbocycles. The number of anilines is 1. The monoisotopic (exact) mass is 447 g/mol. The van der Waals surface area contributed by atoms with Crippen molar-refractivity contribution in [2.75, 3.05) is 18.5 Å². The van der Waals surface area contributed by atoms with E-state index in [9.17, 15) is 4.79 Å². The van der Waals surface area contributed by atoms with Gasteiger partial charge in [0, 0.05) is 44.6 Å². The van der Waals surface area contributed by atoms with Crippen LogP contribution in [0.3, 0.4) is 0 Å². The van der Waals surface area contributed by atoms with Crippen LogP contribution in [0.15, 0.2) is 42.7 Å². The molecule has 9 heteroatoms. The van der Waals surface area contributed by atoms with Crippen LogP contribution < -0.4 is 10.2 Å². The van der Waals surface area contributed by atoms with Gasteiger partial charge in [-0.15, -0.1) is 0 Å². The fourth-order valence-corrected chi connectivity index (χ4v) is 4.52. The molecule has 4 heterocycles. The predicted molar refractivity (Wildman–Crippen MR) is 125 cm³/mol. The third-order valence-electron chi connectivity index (χ3n) is 6.27. The smallest absolute Gasteiger partial charge is 0.254 e. The molecule has 1 N–H and O–H groups in total. The Morgan fingerprint density at radius 2 is 2.09 bits per heavy atom. The molecule has 1 aliphatic heterocycles. The van der Waals surface area contributed by atoms with Crippen LogP contribution in [0.25, 0.3) is 22.4 Å². The molecule has 0 radical (unpaired) electrons. The van der Waals surface area contributed by atoms with Crippen molar-refractivity contribution in [2.24, 2.45) is 7.05 Å². The quantitative estimate of drug-likeness (QED) is 0.507. The summed E-state index contributed by atoms with van der Waals surface area (Å²) >= 11 is 0. The summed E-state index contributed by atoms with van der Waals surface area (Å²) in [6.45, 7) is 3.62. The highest BCUT2D eigenvalue weighted by atomic mass is 19.1. The van der Waals surface area contributed by atoms with Gasteiger partial charge in [-0.25, -0.2) is 14.4 Å². The van der Waals surface area contributed by atoms with Gasteiger partial charge < -0.3 is 14.8 Å². The van der Waals surface area contributed by atoms with Crippen molar-refractivity contribution in [3.8, 4) is 11.4 Å². The molecule has 1 unspecified atom stereocenters. The maximum atomic E-state index is 15.3. The van der Waals surface area contributed by atoms with Crippen LogP contribution in [0.1, 0.15) is 35.8 Å². The molecule has 3 aromatic heterocycles. The number of aryl methyl sites for hydroxylation is 1. The highest BCUT2D eigenvalue weighted by Gasteiger charge is 2.23. The van der Waals surface area contributed by atoms with Crippen molar-refractivity contribution < 1.29 is 9.18 Å². The normalized spacial score (nSPS) is 16.0. The Morgan fingerprint density at radius 3 is 2.73 bits per heavy atom. The van der Waals surface area contributed by atoms with Crippen LogP contribution in [-0.4, -0.2) is 49.9 Å². The second-order valence-corrected chi connectivity index (χ2v) is 8.47. The lowest BCUT2D eigenvalue weighted by Gasteiger charge is -2.22. The number of amides is 1. The van der Waals surface area contributed by atoms with Crippen molar-refractivity contribution in [1.29, 1.82) is 0 Å². The zero-order valence-corrected chi connectivity index (χ0v) is 18.9. The van der Waals surface area contributed by atoms with E-state index in [1.807, 2.05) is 36.0 Å². The molecular formula is C24H26FN7O. The Bertz CT molecular complexity index is 1320. The fraction of sp³-hybridized carbons (Fsp3) is 0.333. The van der Waals surface area contributed by atoms with Gasteiger partial charge in [-0.1, -0.05) is 0 Å². The molecule has 8 nitrogen and oxygen atoms in total. The van der Waals surface area contributed by atoms with Crippen LogP contribution in [0.2, 0.25) is 0 Å². The lowest BCUT2D eigenvalue weighted by Crippen LogP contribution is -2.26. The minimum absolute atomic E-state index is 0.0319. The number of halogens is 1. The molecule has 1 saturated heterocycles. The third kappa shape index (κ3) is 3.73. The van der Waals surface area contributed by atoms with Crippen LogP contribution in [-0.2, 0) is 13.6 Å². The molecule has 0 bridgehead atoms. The van der Waals surface area contributed by atoms with Gasteiger partial charge in [-0.2, -0.15) is 5.10 Å². The minimum atomic E-state index is -0.636. The summed E-state index contributed by atoms with van der Waals surface area (Å²) in [4.78, 5) is 23.7. The second-order valence-electron chi connectivity index (χ2n) is 8.47. The number of rotatable bonds is 5. The van der Waals surface area contributed by atoms with Crippen LogP contribution in [0, 0.1) is 5.82 Å². The maximum absolute atomic E-state index is 15.3. The predicted octanol–water partition coefficient (Wildman–Crippen LogP) is 3.37. The summed E-state index contributed by atoms with van der Waals surface area (Å²) in [5.41, 5.74) is 2.32. The van der Waals surface area contributed by atoms with Gasteiger partial charge >= 0.3 is 0 Å². The number of imidazole rings is 1. The topological polar surface area (TPSA) is 80.9 Å². The lowest BCUT2D eigenvalue weighted by molar-refractivity contribution is 0.0959. The maximum Gasteiger partial charge on any atom is 0.254 e. The Balaban J connectivity index is 1.62. The van der Waals surface area contributed by atoms with Gasteiger partial charge in [0.1, 0.15) is 17.2 Å². The molecule has 1 fully saturated rings. The summed E-state index contributed by atoms with van der Waals surface area (Å²) in [5.74, 6) is 0.394. The lowest BCUT2D eigenvalue weighted by atomic mass is 10.1. The standard InChI is InChI=1S/C24H26FN7O/c1-15-5-4-11-31(15)20-9-6-16(13-27-20)23-28-22-19(8-7-18(21(22)25)24(33)26-2)32(23)14-17-10-12-30(3)29-17/h6-10,12-13,15H,4-5,11,14H2,1-3H3,(H,26,33). The molecular weight excluding hydrogens is 421 g/mol. The first-order valence-electron chi connectivity index (χ1n) is 11.1. The summed E-state index contributed by atoms with van der Waals surface area (Å²) in [6.07, 6.45) is 5.98. The first-order chi connectivity index (χ1) is 16.0. The van der Waals surface area contributed by atoms with E-state index in [0.29, 0.717) is 23.9 Å². The van der Waals surface area contributed by atoms with E-state index in [0.717, 1.165) is 36.5 Å². The molecule has 1 aromatic carbocycles. The van der Waals surface area contributed by atoms with Crippen molar-refractivity contribution >= 4 is 22.8 Å². The van der Waals surface area contributed by atoms with E-state index in [1.165, 1.54) is 13.1 Å². The number of nitrogens with one attached hydrogen (secondary N) is 1. The van der Waals surface area contributed by atoms with E-state index < -0.39 is 11.7 Å². The Hall–Kier alpha value is -3.75. The van der Waals surface area contributed by atoms with Crippen LogP contribution >= 0.6 is 0 Å². The van der Waals surface area contributed by atoms with E-state index in [2.05, 4.69) is 32.2 Å². The van der Waals surface area contributed by atoms with E-state index in [-0.39, 0.29) is 11.1 Å². The highest BCUT2D eigenvalue weighted by molar-refractivity contribution is 5.98. The van der Waals surface area contributed by atoms with E-state index >= 15 is 4.39 Å². The average Bonchev–Trinajstić information content (AvgIpc) is 3.53. The molecule has 5 rings (SSSR count). The number of fused-ring (bicyclic) bond motifs is 1. The Kier molecular flexibility index (Phi) is 5.32. The van der Waals surface area contributed by atoms with Crippen LogP contribution in [0.4, 0.5) is 10.2 Å². The number of nitrogens with zero attached hydrogens (tertiary/aromatic N) is 6. The molecule has 170 valence electrons. The fourth-order valence-electron chi connectivity index (χ4n) is 4.52. The first-order valence-corrected chi connectivity index (χ1v) is 11.1. The van der Waals surface area contributed by atoms with Crippen molar-refractivity contribution in [3.63, 3.8) is 0 Å². The number of pyridine rings is 1. The van der Waals surface area contributed by atoms with Gasteiger partial charge in [0.05, 0.1) is 23.3 Å². The molecule has 1 aliphatic rings. The number of carbonyl (C=O) groups is 1. The zero-order valence-electron chi connectivity index (χ0n) is 18.9. The summed E-state index contributed by atoms with van der Waals surface area (Å²) in [6, 6.07) is 9.58. The second kappa shape index (κ2) is 8.31. The molecule has 0 spiro atoms. The number of hydrogen-bond acceptors (Lipinski definition) is 5. The highest BCUT2D eigenvalue weighted by Crippen LogP contribution is 2.30. The zero-order chi connectivity index (χ0) is 23.1. The number of aromatic nitrogens is 5. The van der Waals surface area contributed by atoms with Gasteiger partial charge in [0.15, 0.2) is 5.82 Å². The Labute approximate surface area is 191 Å². The molecule has 0 aliphatic carbocycles. The van der Waals surface area contributed by atoms with E-state index in [1.54, 1.807) is 16.9 Å². The average molecular weight is 448 g/mol. The third-order valence-corrected chi connectivity index (χ3v) is 6.27. The summed E-state index contributed by atoms with van der Waals surface area (Å²) < 4.78 is 18.9. The molecule has 4 aromatic rings. The van der Waals surface area contributed by atoms with Crippen molar-refractivity contribution in [3.05, 3.63) is 59.8 Å². The summed E-state index contributed by atoms with van der Waals surface area (Å²) in [7, 11) is 3.33. The minimum Gasteiger partial charge on any atom is -0.355 e. The molecule has 1 atom stereocenters. The van der Waals surface area contributed by atoms with E-state index in [4.69, 9.17) is 0 Å². The van der Waals surface area contributed by atoms with Gasteiger partial charge in [-0.3, -0.25) is 9.48 Å².